The summed E-state index contributed by atoms with van der Waals surface area (Å²) < 4.78 is 10.9. The van der Waals surface area contributed by atoms with Gasteiger partial charge in [0, 0.05) is 10.6 Å². The zero-order chi connectivity index (χ0) is 18.9. The number of nitrogens with one attached hydrogen (secondary N) is 1. The van der Waals surface area contributed by atoms with E-state index in [0.29, 0.717) is 39.3 Å². The van der Waals surface area contributed by atoms with Gasteiger partial charge in [-0.1, -0.05) is 29.1 Å². The molecule has 134 valence electrons. The van der Waals surface area contributed by atoms with Crippen LogP contribution < -0.4 is 14.9 Å². The SMILES string of the molecule is C#CCOc1c(Cl)cc(/C=N\NC(=O)c2ccc(Cl)cc2)cc1OCC. The van der Waals surface area contributed by atoms with Gasteiger partial charge in [-0.25, -0.2) is 5.43 Å². The average molecular weight is 391 g/mol. The maximum atomic E-state index is 12.0. The lowest BCUT2D eigenvalue weighted by molar-refractivity contribution is 0.0955. The van der Waals surface area contributed by atoms with Crippen molar-refractivity contribution in [1.29, 1.82) is 0 Å². The van der Waals surface area contributed by atoms with Crippen molar-refractivity contribution in [3.8, 4) is 23.8 Å². The molecule has 0 atom stereocenters. The lowest BCUT2D eigenvalue weighted by Crippen LogP contribution is -2.17. The molecule has 0 bridgehead atoms. The fourth-order valence-corrected chi connectivity index (χ4v) is 2.41. The van der Waals surface area contributed by atoms with Crippen LogP contribution in [0.5, 0.6) is 11.5 Å². The maximum absolute atomic E-state index is 12.0. The van der Waals surface area contributed by atoms with E-state index in [1.54, 1.807) is 36.4 Å². The summed E-state index contributed by atoms with van der Waals surface area (Å²) in [6.45, 7) is 2.34. The van der Waals surface area contributed by atoms with E-state index in [0.717, 1.165) is 0 Å². The molecule has 2 rings (SSSR count). The van der Waals surface area contributed by atoms with Crippen LogP contribution in [0.25, 0.3) is 0 Å². The number of terminal acetylenes is 1. The molecule has 0 aliphatic heterocycles. The van der Waals surface area contributed by atoms with Crippen LogP contribution in [-0.2, 0) is 0 Å². The highest BCUT2D eigenvalue weighted by atomic mass is 35.5. The Morgan fingerprint density at radius 1 is 1.27 bits per heavy atom. The Labute approximate surface area is 161 Å². The Bertz CT molecular complexity index is 843. The number of carbonyl (C=O) groups excluding carboxylic acids is 1. The third kappa shape index (κ3) is 5.41. The Morgan fingerprint density at radius 3 is 2.65 bits per heavy atom. The first-order chi connectivity index (χ1) is 12.5. The minimum atomic E-state index is -0.358. The molecule has 7 heteroatoms. The number of benzene rings is 2. The number of halogens is 2. The first-order valence-electron chi connectivity index (χ1n) is 7.66. The predicted molar refractivity (Wildman–Crippen MR) is 103 cm³/mol. The second-order valence-electron chi connectivity index (χ2n) is 4.96. The zero-order valence-corrected chi connectivity index (χ0v) is 15.5. The van der Waals surface area contributed by atoms with Gasteiger partial charge in [0.15, 0.2) is 11.5 Å². The van der Waals surface area contributed by atoms with Crippen LogP contribution in [0.2, 0.25) is 10.0 Å². The summed E-state index contributed by atoms with van der Waals surface area (Å²) in [5.41, 5.74) is 3.50. The molecular weight excluding hydrogens is 375 g/mol. The minimum absolute atomic E-state index is 0.0738. The van der Waals surface area contributed by atoms with Crippen molar-refractivity contribution in [3.05, 3.63) is 57.6 Å². The van der Waals surface area contributed by atoms with Crippen LogP contribution in [-0.4, -0.2) is 25.3 Å². The van der Waals surface area contributed by atoms with E-state index >= 15 is 0 Å². The molecule has 2 aromatic carbocycles. The minimum Gasteiger partial charge on any atom is -0.490 e. The van der Waals surface area contributed by atoms with Crippen LogP contribution in [0.3, 0.4) is 0 Å². The van der Waals surface area contributed by atoms with Gasteiger partial charge >= 0.3 is 0 Å². The van der Waals surface area contributed by atoms with Gasteiger partial charge in [-0.3, -0.25) is 4.79 Å². The van der Waals surface area contributed by atoms with Gasteiger partial charge in [-0.2, -0.15) is 5.10 Å². The van der Waals surface area contributed by atoms with Crippen molar-refractivity contribution in [2.45, 2.75) is 6.92 Å². The van der Waals surface area contributed by atoms with Crippen LogP contribution in [0, 0.1) is 12.3 Å². The Kier molecular flexibility index (Phi) is 7.34. The molecule has 1 N–H and O–H groups in total. The van der Waals surface area contributed by atoms with E-state index in [1.807, 2.05) is 6.92 Å². The fraction of sp³-hybridized carbons (Fsp3) is 0.158. The highest BCUT2D eigenvalue weighted by Gasteiger charge is 2.12. The van der Waals surface area contributed by atoms with E-state index in [2.05, 4.69) is 16.4 Å². The van der Waals surface area contributed by atoms with Crippen LogP contribution in [0.1, 0.15) is 22.8 Å². The lowest BCUT2D eigenvalue weighted by atomic mass is 10.2. The van der Waals surface area contributed by atoms with Crippen molar-refractivity contribution >= 4 is 35.3 Å². The molecule has 0 saturated carbocycles. The average Bonchev–Trinajstić information content (AvgIpc) is 2.62. The van der Waals surface area contributed by atoms with Gasteiger partial charge in [0.25, 0.3) is 5.91 Å². The molecular formula is C19H16Cl2N2O3. The summed E-state index contributed by atoms with van der Waals surface area (Å²) in [4.78, 5) is 12.0. The Morgan fingerprint density at radius 2 is 2.00 bits per heavy atom. The van der Waals surface area contributed by atoms with Crippen molar-refractivity contribution in [2.75, 3.05) is 13.2 Å². The van der Waals surface area contributed by atoms with Crippen LogP contribution >= 0.6 is 23.2 Å². The van der Waals surface area contributed by atoms with Gasteiger partial charge in [0.1, 0.15) is 6.61 Å². The summed E-state index contributed by atoms with van der Waals surface area (Å²) in [5.74, 6) is 2.83. The maximum Gasteiger partial charge on any atom is 0.271 e. The zero-order valence-electron chi connectivity index (χ0n) is 14.0. The van der Waals surface area contributed by atoms with Crippen LogP contribution in [0.4, 0.5) is 0 Å². The Hall–Kier alpha value is -2.68. The molecule has 0 heterocycles. The topological polar surface area (TPSA) is 59.9 Å². The fourth-order valence-electron chi connectivity index (χ4n) is 2.01. The molecule has 0 fully saturated rings. The first-order valence-corrected chi connectivity index (χ1v) is 8.42. The summed E-state index contributed by atoms with van der Waals surface area (Å²) in [6, 6.07) is 9.79. The standard InChI is InChI=1S/C19H16Cl2N2O3/c1-3-9-26-18-16(21)10-13(11-17(18)25-4-2)12-22-23-19(24)14-5-7-15(20)8-6-14/h1,5-8,10-12H,4,9H2,2H3,(H,23,24)/b22-12-. The molecule has 2 aromatic rings. The van der Waals surface area contributed by atoms with E-state index in [4.69, 9.17) is 39.1 Å². The number of hydrazone groups is 1. The molecule has 0 radical (unpaired) electrons. The molecule has 26 heavy (non-hydrogen) atoms. The van der Waals surface area contributed by atoms with E-state index in [1.165, 1.54) is 6.21 Å². The van der Waals surface area contributed by atoms with Gasteiger partial charge in [-0.05, 0) is 48.9 Å². The third-order valence-electron chi connectivity index (χ3n) is 3.12. The molecule has 0 spiro atoms. The van der Waals surface area contributed by atoms with Gasteiger partial charge in [0.2, 0.25) is 0 Å². The molecule has 0 aliphatic rings. The van der Waals surface area contributed by atoms with Crippen LogP contribution in [0.15, 0.2) is 41.5 Å². The third-order valence-corrected chi connectivity index (χ3v) is 3.65. The number of hydrogen-bond donors (Lipinski definition) is 1. The predicted octanol–water partition coefficient (Wildman–Crippen LogP) is 4.17. The van der Waals surface area contributed by atoms with E-state index in [-0.39, 0.29) is 12.5 Å². The largest absolute Gasteiger partial charge is 0.490 e. The lowest BCUT2D eigenvalue weighted by Gasteiger charge is -2.12. The summed E-state index contributed by atoms with van der Waals surface area (Å²) >= 11 is 12.0. The van der Waals surface area contributed by atoms with E-state index in [9.17, 15) is 4.79 Å². The number of carbonyl (C=O) groups is 1. The first kappa shape index (κ1) is 19.6. The number of hydrogen-bond acceptors (Lipinski definition) is 4. The molecule has 5 nitrogen and oxygen atoms in total. The van der Waals surface area contributed by atoms with Gasteiger partial charge in [-0.15, -0.1) is 6.42 Å². The number of rotatable bonds is 7. The highest BCUT2D eigenvalue weighted by Crippen LogP contribution is 2.36. The number of ether oxygens (including phenoxy) is 2. The summed E-state index contributed by atoms with van der Waals surface area (Å²) in [5, 5.41) is 4.81. The number of nitrogens with zero attached hydrogens (tertiary/aromatic N) is 1. The van der Waals surface area contributed by atoms with E-state index < -0.39 is 0 Å². The van der Waals surface area contributed by atoms with Gasteiger partial charge in [0.05, 0.1) is 17.8 Å². The molecule has 0 saturated heterocycles. The van der Waals surface area contributed by atoms with Crippen molar-refractivity contribution < 1.29 is 14.3 Å². The second-order valence-corrected chi connectivity index (χ2v) is 5.81. The quantitative estimate of drug-likeness (QED) is 0.438. The van der Waals surface area contributed by atoms with Gasteiger partial charge < -0.3 is 9.47 Å². The smallest absolute Gasteiger partial charge is 0.271 e. The summed E-state index contributed by atoms with van der Waals surface area (Å²) in [7, 11) is 0. The molecule has 0 aromatic heterocycles. The second kappa shape index (κ2) is 9.71. The van der Waals surface area contributed by atoms with Crippen molar-refractivity contribution in [3.63, 3.8) is 0 Å². The highest BCUT2D eigenvalue weighted by molar-refractivity contribution is 6.32. The Balaban J connectivity index is 2.12. The summed E-state index contributed by atoms with van der Waals surface area (Å²) in [6.07, 6.45) is 6.65. The van der Waals surface area contributed by atoms with Crippen molar-refractivity contribution in [1.82, 2.24) is 5.43 Å². The molecule has 0 aliphatic carbocycles. The molecule has 0 unspecified atom stereocenters. The monoisotopic (exact) mass is 390 g/mol. The van der Waals surface area contributed by atoms with Crippen molar-refractivity contribution in [2.24, 2.45) is 5.10 Å². The normalized spacial score (nSPS) is 10.4. The molecule has 1 amide bonds. The number of amides is 1.